The van der Waals surface area contributed by atoms with Gasteiger partial charge in [-0.05, 0) is 30.5 Å². The van der Waals surface area contributed by atoms with E-state index in [-0.39, 0.29) is 30.6 Å². The Labute approximate surface area is 141 Å². The van der Waals surface area contributed by atoms with E-state index < -0.39 is 0 Å². The monoisotopic (exact) mass is 330 g/mol. The molecular formula is C17H22N4O3. The summed E-state index contributed by atoms with van der Waals surface area (Å²) in [6, 6.07) is 4.15. The molecule has 0 N–H and O–H groups in total. The zero-order chi connectivity index (χ0) is 16.5. The summed E-state index contributed by atoms with van der Waals surface area (Å²) in [7, 11) is 0. The predicted molar refractivity (Wildman–Crippen MR) is 86.1 cm³/mol. The van der Waals surface area contributed by atoms with Gasteiger partial charge < -0.3 is 9.64 Å². The van der Waals surface area contributed by atoms with Crippen LogP contribution in [0.15, 0.2) is 24.5 Å². The fraction of sp³-hybridized carbons (Fsp3) is 0.588. The van der Waals surface area contributed by atoms with Crippen LogP contribution in [0.5, 0.6) is 0 Å². The van der Waals surface area contributed by atoms with Crippen LogP contribution in [0, 0.1) is 0 Å². The molecule has 7 heteroatoms. The zero-order valence-corrected chi connectivity index (χ0v) is 13.6. The Balaban J connectivity index is 1.34. The lowest BCUT2D eigenvalue weighted by molar-refractivity contribution is -0.127. The lowest BCUT2D eigenvalue weighted by Gasteiger charge is -2.34. The molecule has 1 unspecified atom stereocenters. The van der Waals surface area contributed by atoms with Crippen molar-refractivity contribution in [3.8, 4) is 0 Å². The van der Waals surface area contributed by atoms with Gasteiger partial charge in [-0.3, -0.25) is 19.6 Å². The van der Waals surface area contributed by atoms with Crippen molar-refractivity contribution >= 4 is 11.9 Å². The molecule has 1 saturated carbocycles. The van der Waals surface area contributed by atoms with Gasteiger partial charge in [0.2, 0.25) is 5.91 Å². The van der Waals surface area contributed by atoms with Crippen molar-refractivity contribution in [3.05, 3.63) is 30.1 Å². The van der Waals surface area contributed by atoms with E-state index in [0.29, 0.717) is 13.2 Å². The smallest absolute Gasteiger partial charge is 0.327 e. The first kappa shape index (κ1) is 15.5. The fourth-order valence-electron chi connectivity index (χ4n) is 3.40. The van der Waals surface area contributed by atoms with Crippen LogP contribution in [0.2, 0.25) is 0 Å². The molecule has 0 aromatic carbocycles. The van der Waals surface area contributed by atoms with Crippen molar-refractivity contribution in [1.29, 1.82) is 0 Å². The summed E-state index contributed by atoms with van der Waals surface area (Å²) < 4.78 is 5.80. The number of carbonyl (C=O) groups is 2. The van der Waals surface area contributed by atoms with E-state index in [1.165, 1.54) is 10.5 Å². The van der Waals surface area contributed by atoms with Crippen LogP contribution in [0.4, 0.5) is 4.79 Å². The molecular weight excluding hydrogens is 308 g/mol. The molecule has 0 spiro atoms. The molecule has 1 aliphatic carbocycles. The summed E-state index contributed by atoms with van der Waals surface area (Å²) in [4.78, 5) is 34.0. The van der Waals surface area contributed by atoms with Gasteiger partial charge in [0.15, 0.2) is 0 Å². The molecule has 128 valence electrons. The number of imide groups is 1. The Kier molecular flexibility index (Phi) is 4.20. The zero-order valence-electron chi connectivity index (χ0n) is 13.6. The number of nitrogens with zero attached hydrogens (tertiary/aromatic N) is 4. The molecule has 4 rings (SSSR count). The van der Waals surface area contributed by atoms with Crippen LogP contribution in [0.1, 0.15) is 18.4 Å². The maximum absolute atomic E-state index is 12.4. The third-order valence-corrected chi connectivity index (χ3v) is 4.84. The third-order valence-electron chi connectivity index (χ3n) is 4.84. The van der Waals surface area contributed by atoms with Crippen molar-refractivity contribution in [2.24, 2.45) is 0 Å². The highest BCUT2D eigenvalue weighted by molar-refractivity contribution is 6.02. The predicted octanol–water partition coefficient (Wildman–Crippen LogP) is 0.709. The first-order valence-corrected chi connectivity index (χ1v) is 8.54. The highest BCUT2D eigenvalue weighted by Crippen LogP contribution is 2.30. The summed E-state index contributed by atoms with van der Waals surface area (Å²) in [5.41, 5.74) is 1.21. The van der Waals surface area contributed by atoms with Gasteiger partial charge in [0.05, 0.1) is 19.3 Å². The fourth-order valence-corrected chi connectivity index (χ4v) is 3.40. The first-order chi connectivity index (χ1) is 11.7. The summed E-state index contributed by atoms with van der Waals surface area (Å²) >= 11 is 0. The standard InChI is InChI=1S/C17H22N4O3/c22-16-12-20(14-1-2-14)17(23)21(16)11-15-10-19(7-8-24-15)9-13-3-5-18-6-4-13/h3-6,14-15H,1-2,7-12H2. The lowest BCUT2D eigenvalue weighted by atomic mass is 10.2. The van der Waals surface area contributed by atoms with Crippen molar-refractivity contribution < 1.29 is 14.3 Å². The number of urea groups is 1. The molecule has 0 radical (unpaired) electrons. The van der Waals surface area contributed by atoms with E-state index in [9.17, 15) is 9.59 Å². The number of ether oxygens (including phenoxy) is 1. The molecule has 3 heterocycles. The number of pyridine rings is 1. The summed E-state index contributed by atoms with van der Waals surface area (Å²) in [6.07, 6.45) is 5.51. The maximum atomic E-state index is 12.4. The molecule has 1 aromatic heterocycles. The molecule has 7 nitrogen and oxygen atoms in total. The van der Waals surface area contributed by atoms with Gasteiger partial charge in [-0.15, -0.1) is 0 Å². The van der Waals surface area contributed by atoms with Gasteiger partial charge in [0.25, 0.3) is 0 Å². The summed E-state index contributed by atoms with van der Waals surface area (Å²) in [5.74, 6) is -0.0956. The van der Waals surface area contributed by atoms with Crippen LogP contribution in [-0.4, -0.2) is 76.6 Å². The van der Waals surface area contributed by atoms with Crippen molar-refractivity contribution in [2.75, 3.05) is 32.8 Å². The first-order valence-electron chi connectivity index (χ1n) is 8.54. The van der Waals surface area contributed by atoms with Gasteiger partial charge in [0.1, 0.15) is 6.54 Å². The third kappa shape index (κ3) is 3.27. The average molecular weight is 330 g/mol. The number of hydrogen-bond acceptors (Lipinski definition) is 5. The van der Waals surface area contributed by atoms with E-state index in [2.05, 4.69) is 9.88 Å². The van der Waals surface area contributed by atoms with Gasteiger partial charge >= 0.3 is 6.03 Å². The minimum atomic E-state index is -0.141. The van der Waals surface area contributed by atoms with Crippen LogP contribution in [0.25, 0.3) is 0 Å². The molecule has 1 atom stereocenters. The van der Waals surface area contributed by atoms with Gasteiger partial charge in [-0.2, -0.15) is 0 Å². The summed E-state index contributed by atoms with van der Waals surface area (Å²) in [6.45, 7) is 3.62. The van der Waals surface area contributed by atoms with Gasteiger partial charge in [-0.25, -0.2) is 4.79 Å². The number of carbonyl (C=O) groups excluding carboxylic acids is 2. The number of rotatable bonds is 5. The molecule has 3 amide bonds. The van der Waals surface area contributed by atoms with Crippen LogP contribution < -0.4 is 0 Å². The SMILES string of the molecule is O=C1CN(C2CC2)C(=O)N1CC1CN(Cc2ccncc2)CCO1. The highest BCUT2D eigenvalue weighted by atomic mass is 16.5. The van der Waals surface area contributed by atoms with E-state index in [1.807, 2.05) is 12.1 Å². The number of aromatic nitrogens is 1. The molecule has 3 aliphatic rings. The van der Waals surface area contributed by atoms with E-state index in [1.54, 1.807) is 17.3 Å². The second-order valence-electron chi connectivity index (χ2n) is 6.73. The molecule has 3 fully saturated rings. The number of morpholine rings is 1. The molecule has 1 aromatic rings. The molecule has 2 saturated heterocycles. The average Bonchev–Trinajstić information content (AvgIpc) is 3.39. The Bertz CT molecular complexity index is 620. The quantitative estimate of drug-likeness (QED) is 0.744. The van der Waals surface area contributed by atoms with E-state index in [0.717, 1.165) is 32.5 Å². The number of hydrogen-bond donors (Lipinski definition) is 0. The van der Waals surface area contributed by atoms with Crippen molar-refractivity contribution in [2.45, 2.75) is 31.5 Å². The van der Waals surface area contributed by atoms with Crippen molar-refractivity contribution in [1.82, 2.24) is 19.7 Å². The Morgan fingerprint density at radius 3 is 2.75 bits per heavy atom. The molecule has 24 heavy (non-hydrogen) atoms. The van der Waals surface area contributed by atoms with Gasteiger partial charge in [-0.1, -0.05) is 0 Å². The van der Waals surface area contributed by atoms with Crippen LogP contribution in [0.3, 0.4) is 0 Å². The minimum Gasteiger partial charge on any atom is -0.374 e. The Hall–Kier alpha value is -1.99. The number of amides is 3. The molecule has 2 aliphatic heterocycles. The van der Waals surface area contributed by atoms with Gasteiger partial charge in [0, 0.05) is 38.1 Å². The second kappa shape index (κ2) is 6.49. The highest BCUT2D eigenvalue weighted by Gasteiger charge is 2.44. The van der Waals surface area contributed by atoms with Crippen LogP contribution >= 0.6 is 0 Å². The second-order valence-corrected chi connectivity index (χ2v) is 6.73. The largest absolute Gasteiger partial charge is 0.374 e. The van der Waals surface area contributed by atoms with E-state index >= 15 is 0 Å². The Morgan fingerprint density at radius 2 is 2.00 bits per heavy atom. The Morgan fingerprint density at radius 1 is 1.21 bits per heavy atom. The maximum Gasteiger partial charge on any atom is 0.327 e. The van der Waals surface area contributed by atoms with E-state index in [4.69, 9.17) is 4.74 Å². The summed E-state index contributed by atoms with van der Waals surface area (Å²) in [5, 5.41) is 0. The van der Waals surface area contributed by atoms with Crippen LogP contribution in [-0.2, 0) is 16.1 Å². The van der Waals surface area contributed by atoms with Crippen molar-refractivity contribution in [3.63, 3.8) is 0 Å². The topological polar surface area (TPSA) is 66.0 Å². The molecule has 0 bridgehead atoms. The lowest BCUT2D eigenvalue weighted by Crippen LogP contribution is -2.48. The minimum absolute atomic E-state index is 0.0956. The normalized spacial score (nSPS) is 25.6.